The molecule has 0 saturated heterocycles. The third kappa shape index (κ3) is 3.71. The summed E-state index contributed by atoms with van der Waals surface area (Å²) in [6.07, 6.45) is 1.33. The molecule has 0 amide bonds. The van der Waals surface area contributed by atoms with Crippen LogP contribution in [0.25, 0.3) is 10.9 Å². The summed E-state index contributed by atoms with van der Waals surface area (Å²) in [5, 5.41) is 3.57. The lowest BCUT2D eigenvalue weighted by molar-refractivity contribution is 0.596. The summed E-state index contributed by atoms with van der Waals surface area (Å²) < 4.78 is 40.7. The van der Waals surface area contributed by atoms with E-state index in [1.165, 1.54) is 24.4 Å². The van der Waals surface area contributed by atoms with Crippen LogP contribution < -0.4 is 5.32 Å². The number of fused-ring (bicyclic) bond motifs is 1. The van der Waals surface area contributed by atoms with Gasteiger partial charge in [0.2, 0.25) is 9.84 Å². The van der Waals surface area contributed by atoms with Gasteiger partial charge in [0.15, 0.2) is 0 Å². The maximum absolute atomic E-state index is 14.0. The van der Waals surface area contributed by atoms with E-state index in [1.807, 2.05) is 38.1 Å². The second-order valence-electron chi connectivity index (χ2n) is 6.97. The van der Waals surface area contributed by atoms with Crippen LogP contribution in [0.15, 0.2) is 82.7 Å². The molecule has 1 aromatic heterocycles. The zero-order valence-corrected chi connectivity index (χ0v) is 16.8. The molecule has 0 saturated carbocycles. The van der Waals surface area contributed by atoms with Gasteiger partial charge < -0.3 is 5.32 Å². The number of hydrogen-bond donors (Lipinski definition) is 1. The van der Waals surface area contributed by atoms with Crippen molar-refractivity contribution in [2.45, 2.75) is 23.6 Å². The van der Waals surface area contributed by atoms with E-state index in [0.717, 1.165) is 11.1 Å². The zero-order valence-electron chi connectivity index (χ0n) is 16.0. The van der Waals surface area contributed by atoms with Crippen molar-refractivity contribution in [2.75, 3.05) is 5.32 Å². The minimum Gasteiger partial charge on any atom is -0.354 e. The first-order chi connectivity index (χ1) is 13.8. The van der Waals surface area contributed by atoms with Gasteiger partial charge in [-0.3, -0.25) is 4.98 Å². The van der Waals surface area contributed by atoms with Crippen LogP contribution in [0.4, 0.5) is 15.8 Å². The molecule has 0 radical (unpaired) electrons. The number of aryl methyl sites for hydroxylation is 2. The van der Waals surface area contributed by atoms with Gasteiger partial charge in [-0.15, -0.1) is 0 Å². The predicted molar refractivity (Wildman–Crippen MR) is 113 cm³/mol. The van der Waals surface area contributed by atoms with Gasteiger partial charge in [-0.2, -0.15) is 0 Å². The number of nitrogens with one attached hydrogen (secondary N) is 1. The van der Waals surface area contributed by atoms with E-state index in [2.05, 4.69) is 10.3 Å². The van der Waals surface area contributed by atoms with E-state index in [-0.39, 0.29) is 9.79 Å². The Balaban J connectivity index is 1.95. The highest BCUT2D eigenvalue weighted by Crippen LogP contribution is 2.35. The molecule has 0 atom stereocenters. The lowest BCUT2D eigenvalue weighted by Gasteiger charge is -2.16. The van der Waals surface area contributed by atoms with Gasteiger partial charge in [0.1, 0.15) is 10.7 Å². The Labute approximate surface area is 169 Å². The van der Waals surface area contributed by atoms with Crippen LogP contribution in [0.2, 0.25) is 0 Å². The molecule has 0 aliphatic rings. The van der Waals surface area contributed by atoms with Gasteiger partial charge in [-0.1, -0.05) is 35.4 Å². The summed E-state index contributed by atoms with van der Waals surface area (Å²) in [7, 11) is -3.87. The topological polar surface area (TPSA) is 59.1 Å². The Kier molecular flexibility index (Phi) is 4.80. The first kappa shape index (κ1) is 19.1. The normalized spacial score (nSPS) is 11.6. The molecule has 0 unspecified atom stereocenters. The molecule has 0 aliphatic carbocycles. The average Bonchev–Trinajstić information content (AvgIpc) is 2.70. The summed E-state index contributed by atoms with van der Waals surface area (Å²) in [6, 6.07) is 18.3. The molecular weight excluding hydrogens is 387 g/mol. The molecule has 4 rings (SSSR count). The number of sulfone groups is 1. The van der Waals surface area contributed by atoms with E-state index < -0.39 is 15.7 Å². The van der Waals surface area contributed by atoms with Gasteiger partial charge in [-0.05, 0) is 56.3 Å². The quantitative estimate of drug-likeness (QED) is 0.482. The number of hydrogen-bond acceptors (Lipinski definition) is 4. The third-order valence-electron chi connectivity index (χ3n) is 4.74. The lowest BCUT2D eigenvalue weighted by Crippen LogP contribution is -2.07. The van der Waals surface area contributed by atoms with Crippen LogP contribution >= 0.6 is 0 Å². The predicted octanol–water partition coefficient (Wildman–Crippen LogP) is 5.57. The zero-order chi connectivity index (χ0) is 20.6. The van der Waals surface area contributed by atoms with Crippen molar-refractivity contribution in [2.24, 2.45) is 0 Å². The Bertz CT molecular complexity index is 1300. The number of anilines is 2. The van der Waals surface area contributed by atoms with Gasteiger partial charge in [0.05, 0.1) is 16.1 Å². The maximum atomic E-state index is 14.0. The smallest absolute Gasteiger partial charge is 0.210 e. The molecule has 4 aromatic rings. The fraction of sp³-hybridized carbons (Fsp3) is 0.0870. The molecule has 0 fully saturated rings. The molecule has 6 heteroatoms. The molecule has 29 heavy (non-hydrogen) atoms. The van der Waals surface area contributed by atoms with Crippen molar-refractivity contribution < 1.29 is 12.8 Å². The monoisotopic (exact) mass is 406 g/mol. The van der Waals surface area contributed by atoms with Crippen molar-refractivity contribution in [3.8, 4) is 0 Å². The van der Waals surface area contributed by atoms with E-state index in [4.69, 9.17) is 0 Å². The minimum atomic E-state index is -3.87. The standard InChI is InChI=1S/C23H19FN2O2S/c1-15-3-8-18(9-4-15)26-23-20-13-17(24)7-12-21(20)25-14-22(23)29(27,28)19-10-5-16(2)6-11-19/h3-14H,1-2H3,(H,25,26). The highest BCUT2D eigenvalue weighted by Gasteiger charge is 2.24. The largest absolute Gasteiger partial charge is 0.354 e. The fourth-order valence-electron chi connectivity index (χ4n) is 3.10. The molecule has 146 valence electrons. The molecule has 0 spiro atoms. The first-order valence-electron chi connectivity index (χ1n) is 9.08. The molecule has 4 nitrogen and oxygen atoms in total. The van der Waals surface area contributed by atoms with Crippen molar-refractivity contribution in [3.05, 3.63) is 89.9 Å². The Morgan fingerprint density at radius 3 is 2.14 bits per heavy atom. The highest BCUT2D eigenvalue weighted by molar-refractivity contribution is 7.91. The molecule has 0 bridgehead atoms. The highest BCUT2D eigenvalue weighted by atomic mass is 32.2. The Hall–Kier alpha value is -3.25. The van der Waals surface area contributed by atoms with E-state index in [9.17, 15) is 12.8 Å². The van der Waals surface area contributed by atoms with Crippen molar-refractivity contribution >= 4 is 32.1 Å². The second kappa shape index (κ2) is 7.29. The minimum absolute atomic E-state index is 0.0000260. The SMILES string of the molecule is Cc1ccc(Nc2c(S(=O)(=O)c3ccc(C)cc3)cnc3ccc(F)cc23)cc1. The summed E-state index contributed by atoms with van der Waals surface area (Å²) in [4.78, 5) is 4.42. The number of nitrogens with zero attached hydrogens (tertiary/aromatic N) is 1. The average molecular weight is 406 g/mol. The third-order valence-corrected chi connectivity index (χ3v) is 6.52. The van der Waals surface area contributed by atoms with Crippen LogP contribution in [0.5, 0.6) is 0 Å². The number of rotatable bonds is 4. The Morgan fingerprint density at radius 1 is 0.862 bits per heavy atom. The first-order valence-corrected chi connectivity index (χ1v) is 10.6. The summed E-state index contributed by atoms with van der Waals surface area (Å²) in [5.74, 6) is -0.462. The maximum Gasteiger partial charge on any atom is 0.210 e. The molecule has 0 aliphatic heterocycles. The van der Waals surface area contributed by atoms with Crippen LogP contribution in [0.1, 0.15) is 11.1 Å². The molecular formula is C23H19FN2O2S. The summed E-state index contributed by atoms with van der Waals surface area (Å²) in [6.45, 7) is 3.86. The van der Waals surface area contributed by atoms with E-state index in [0.29, 0.717) is 22.3 Å². The molecule has 3 aromatic carbocycles. The van der Waals surface area contributed by atoms with Gasteiger partial charge in [0, 0.05) is 17.3 Å². The van der Waals surface area contributed by atoms with Gasteiger partial charge >= 0.3 is 0 Å². The fourth-order valence-corrected chi connectivity index (χ4v) is 4.47. The molecule has 1 heterocycles. The van der Waals surface area contributed by atoms with Crippen LogP contribution in [-0.2, 0) is 9.84 Å². The van der Waals surface area contributed by atoms with Crippen LogP contribution in [-0.4, -0.2) is 13.4 Å². The number of pyridine rings is 1. The van der Waals surface area contributed by atoms with Gasteiger partial charge in [0.25, 0.3) is 0 Å². The second-order valence-corrected chi connectivity index (χ2v) is 8.88. The van der Waals surface area contributed by atoms with Crippen molar-refractivity contribution in [3.63, 3.8) is 0 Å². The van der Waals surface area contributed by atoms with Crippen LogP contribution in [0, 0.1) is 19.7 Å². The number of halogens is 1. The van der Waals surface area contributed by atoms with Crippen molar-refractivity contribution in [1.29, 1.82) is 0 Å². The number of aromatic nitrogens is 1. The number of benzene rings is 3. The van der Waals surface area contributed by atoms with E-state index >= 15 is 0 Å². The van der Waals surface area contributed by atoms with Crippen LogP contribution in [0.3, 0.4) is 0 Å². The Morgan fingerprint density at radius 2 is 1.48 bits per heavy atom. The summed E-state index contributed by atoms with van der Waals surface area (Å²) >= 11 is 0. The lowest BCUT2D eigenvalue weighted by atomic mass is 10.1. The van der Waals surface area contributed by atoms with Gasteiger partial charge in [-0.25, -0.2) is 12.8 Å². The molecule has 1 N–H and O–H groups in total. The van der Waals surface area contributed by atoms with E-state index in [1.54, 1.807) is 24.3 Å². The summed E-state index contributed by atoms with van der Waals surface area (Å²) in [5.41, 5.74) is 3.55. The van der Waals surface area contributed by atoms with Crippen molar-refractivity contribution in [1.82, 2.24) is 4.98 Å².